The highest BCUT2D eigenvalue weighted by molar-refractivity contribution is 7.13. The molecule has 0 aromatic carbocycles. The fraction of sp³-hybridized carbons (Fsp3) is 0.571. The number of aromatic nitrogens is 4. The van der Waals surface area contributed by atoms with E-state index >= 15 is 0 Å². The van der Waals surface area contributed by atoms with Gasteiger partial charge in [-0.15, -0.1) is 10.2 Å². The lowest BCUT2D eigenvalue weighted by Gasteiger charge is -2.24. The van der Waals surface area contributed by atoms with E-state index in [1.165, 1.54) is 11.3 Å². The van der Waals surface area contributed by atoms with Crippen LogP contribution in [0.25, 0.3) is 0 Å². The Kier molecular flexibility index (Phi) is 4.58. The highest BCUT2D eigenvalue weighted by atomic mass is 32.1. The number of rotatable bonds is 5. The lowest BCUT2D eigenvalue weighted by Crippen LogP contribution is -2.33. The molecule has 3 heterocycles. The molecule has 0 saturated carbocycles. The normalized spacial score (nSPS) is 18.3. The number of hydrogen-bond acceptors (Lipinski definition) is 7. The third-order valence-corrected chi connectivity index (χ3v) is 4.66. The van der Waals surface area contributed by atoms with Gasteiger partial charge in [0.2, 0.25) is 16.9 Å². The van der Waals surface area contributed by atoms with Gasteiger partial charge in [0.25, 0.3) is 0 Å². The number of ether oxygens (including phenoxy) is 1. The number of amides is 1. The third kappa shape index (κ3) is 3.20. The Labute approximate surface area is 138 Å². The van der Waals surface area contributed by atoms with Crippen LogP contribution in [0.4, 0.5) is 5.13 Å². The minimum atomic E-state index is -0.0749. The predicted molar refractivity (Wildman–Crippen MR) is 86.6 cm³/mol. The van der Waals surface area contributed by atoms with Gasteiger partial charge < -0.3 is 4.74 Å². The lowest BCUT2D eigenvalue weighted by atomic mass is 10.1. The van der Waals surface area contributed by atoms with E-state index in [1.54, 1.807) is 17.3 Å². The molecule has 23 heavy (non-hydrogen) atoms. The van der Waals surface area contributed by atoms with Gasteiger partial charge in [0.05, 0.1) is 24.9 Å². The van der Waals surface area contributed by atoms with Crippen LogP contribution in [0, 0.1) is 6.92 Å². The second-order valence-corrected chi connectivity index (χ2v) is 6.39. The molecule has 0 aliphatic carbocycles. The Morgan fingerprint density at radius 3 is 3.09 bits per heavy atom. The molecule has 1 atom stereocenters. The van der Waals surface area contributed by atoms with Crippen LogP contribution in [0.5, 0.6) is 5.88 Å². The molecule has 1 aliphatic rings. The first-order chi connectivity index (χ1) is 11.1. The molecule has 1 aliphatic heterocycles. The van der Waals surface area contributed by atoms with Crippen molar-refractivity contribution in [2.24, 2.45) is 7.05 Å². The first-order valence-electron chi connectivity index (χ1n) is 7.47. The van der Waals surface area contributed by atoms with Crippen molar-refractivity contribution < 1.29 is 9.53 Å². The summed E-state index contributed by atoms with van der Waals surface area (Å²) in [4.78, 5) is 14.4. The second-order valence-electron chi connectivity index (χ2n) is 5.55. The van der Waals surface area contributed by atoms with Crippen LogP contribution in [0.15, 0.2) is 5.51 Å². The van der Waals surface area contributed by atoms with Crippen LogP contribution < -0.4 is 10.1 Å². The lowest BCUT2D eigenvalue weighted by molar-refractivity contribution is -0.117. The largest absolute Gasteiger partial charge is 0.481 e. The highest BCUT2D eigenvalue weighted by Crippen LogP contribution is 2.38. The van der Waals surface area contributed by atoms with Gasteiger partial charge in [-0.3, -0.25) is 15.0 Å². The highest BCUT2D eigenvalue weighted by Gasteiger charge is 2.33. The zero-order chi connectivity index (χ0) is 16.4. The first-order valence-corrected chi connectivity index (χ1v) is 8.35. The average Bonchev–Trinajstić information content (AvgIpc) is 3.20. The maximum atomic E-state index is 12.2. The number of nitrogens with zero attached hydrogens (tertiary/aromatic N) is 5. The van der Waals surface area contributed by atoms with Gasteiger partial charge in [0, 0.05) is 13.1 Å². The van der Waals surface area contributed by atoms with Crippen molar-refractivity contribution in [3.63, 3.8) is 0 Å². The summed E-state index contributed by atoms with van der Waals surface area (Å²) in [6.07, 6.45) is 2.04. The Morgan fingerprint density at radius 1 is 1.57 bits per heavy atom. The van der Waals surface area contributed by atoms with Crippen molar-refractivity contribution in [1.29, 1.82) is 0 Å². The average molecular weight is 336 g/mol. The number of carbonyl (C=O) groups excluding carboxylic acids is 1. The zero-order valence-electron chi connectivity index (χ0n) is 13.4. The van der Waals surface area contributed by atoms with Crippen LogP contribution in [-0.2, 0) is 11.8 Å². The quantitative estimate of drug-likeness (QED) is 0.887. The summed E-state index contributed by atoms with van der Waals surface area (Å²) >= 11 is 1.31. The van der Waals surface area contributed by atoms with Gasteiger partial charge >= 0.3 is 0 Å². The maximum absolute atomic E-state index is 12.2. The molecule has 0 bridgehead atoms. The van der Waals surface area contributed by atoms with Gasteiger partial charge in [-0.25, -0.2) is 4.68 Å². The molecule has 1 saturated heterocycles. The van der Waals surface area contributed by atoms with Crippen LogP contribution in [0.3, 0.4) is 0 Å². The summed E-state index contributed by atoms with van der Waals surface area (Å²) in [5.41, 5.74) is 3.62. The Bertz CT molecular complexity index is 684. The summed E-state index contributed by atoms with van der Waals surface area (Å²) < 4.78 is 7.26. The molecule has 1 amide bonds. The molecule has 0 radical (unpaired) electrons. The number of carbonyl (C=O) groups is 1. The zero-order valence-corrected chi connectivity index (χ0v) is 14.3. The SMILES string of the molecule is COc1c([C@@H]2CCCN2CC(=O)Nc2nncs2)c(C)nn1C. The second kappa shape index (κ2) is 6.63. The molecule has 9 heteroatoms. The van der Waals surface area contributed by atoms with E-state index in [0.29, 0.717) is 11.7 Å². The van der Waals surface area contributed by atoms with Crippen molar-refractivity contribution in [2.45, 2.75) is 25.8 Å². The van der Waals surface area contributed by atoms with Crippen molar-refractivity contribution in [3.8, 4) is 5.88 Å². The van der Waals surface area contributed by atoms with Gasteiger partial charge in [-0.05, 0) is 26.3 Å². The monoisotopic (exact) mass is 336 g/mol. The summed E-state index contributed by atoms with van der Waals surface area (Å²) in [5, 5.41) is 15.3. The molecule has 1 fully saturated rings. The number of anilines is 1. The molecular weight excluding hydrogens is 316 g/mol. The fourth-order valence-corrected chi connectivity index (χ4v) is 3.65. The molecule has 2 aromatic heterocycles. The summed E-state index contributed by atoms with van der Waals surface area (Å²) in [6, 6.07) is 0.152. The van der Waals surface area contributed by atoms with Crippen molar-refractivity contribution >= 4 is 22.4 Å². The summed E-state index contributed by atoms with van der Waals surface area (Å²) in [7, 11) is 3.53. The third-order valence-electron chi connectivity index (χ3n) is 4.06. The number of likely N-dealkylation sites (tertiary alicyclic amines) is 1. The summed E-state index contributed by atoms with van der Waals surface area (Å²) in [6.45, 7) is 3.18. The molecule has 1 N–H and O–H groups in total. The van der Waals surface area contributed by atoms with Crippen LogP contribution in [0.1, 0.15) is 30.1 Å². The number of methoxy groups -OCH3 is 1. The molecule has 0 unspecified atom stereocenters. The van der Waals surface area contributed by atoms with E-state index in [9.17, 15) is 4.79 Å². The maximum Gasteiger partial charge on any atom is 0.240 e. The standard InChI is InChI=1S/C14H20N6O2S/c1-9-12(13(22-3)19(2)18-9)10-5-4-6-20(10)7-11(21)16-14-17-15-8-23-14/h8,10H,4-7H2,1-3H3,(H,16,17,21)/t10-/m0/s1. The van der Waals surface area contributed by atoms with Crippen molar-refractivity contribution in [3.05, 3.63) is 16.8 Å². The molecular formula is C14H20N6O2S. The Hall–Kier alpha value is -2.00. The summed E-state index contributed by atoms with van der Waals surface area (Å²) in [5.74, 6) is 0.693. The van der Waals surface area contributed by atoms with Crippen molar-refractivity contribution in [2.75, 3.05) is 25.5 Å². The molecule has 8 nitrogen and oxygen atoms in total. The minimum absolute atomic E-state index is 0.0749. The molecule has 2 aromatic rings. The minimum Gasteiger partial charge on any atom is -0.481 e. The number of hydrogen-bond donors (Lipinski definition) is 1. The van der Waals surface area contributed by atoms with E-state index in [-0.39, 0.29) is 11.9 Å². The van der Waals surface area contributed by atoms with Gasteiger partial charge in [0.1, 0.15) is 5.51 Å². The Balaban J connectivity index is 1.74. The smallest absolute Gasteiger partial charge is 0.240 e. The van der Waals surface area contributed by atoms with Gasteiger partial charge in [0.15, 0.2) is 0 Å². The van der Waals surface area contributed by atoms with Crippen LogP contribution in [0.2, 0.25) is 0 Å². The van der Waals surface area contributed by atoms with Crippen molar-refractivity contribution in [1.82, 2.24) is 24.9 Å². The van der Waals surface area contributed by atoms with Gasteiger partial charge in [-0.1, -0.05) is 11.3 Å². The van der Waals surface area contributed by atoms with E-state index in [2.05, 4.69) is 25.5 Å². The van der Waals surface area contributed by atoms with E-state index in [1.807, 2.05) is 14.0 Å². The van der Waals surface area contributed by atoms with Crippen LogP contribution in [-0.4, -0.2) is 51.0 Å². The Morgan fingerprint density at radius 2 is 2.39 bits per heavy atom. The van der Waals surface area contributed by atoms with E-state index in [0.717, 1.165) is 36.5 Å². The molecule has 3 rings (SSSR count). The number of aryl methyl sites for hydroxylation is 2. The topological polar surface area (TPSA) is 85.2 Å². The molecule has 0 spiro atoms. The van der Waals surface area contributed by atoms with Crippen LogP contribution >= 0.6 is 11.3 Å². The molecule has 124 valence electrons. The number of nitrogens with one attached hydrogen (secondary N) is 1. The van der Waals surface area contributed by atoms with E-state index < -0.39 is 0 Å². The van der Waals surface area contributed by atoms with Gasteiger partial charge in [-0.2, -0.15) is 5.10 Å². The predicted octanol–water partition coefficient (Wildman–Crippen LogP) is 1.36. The first kappa shape index (κ1) is 15.9. The fourth-order valence-electron chi connectivity index (χ4n) is 3.19. The van der Waals surface area contributed by atoms with E-state index in [4.69, 9.17) is 4.74 Å².